The van der Waals surface area contributed by atoms with Gasteiger partial charge in [-0.1, -0.05) is 17.7 Å². The molecular weight excluding hydrogens is 384 g/mol. The molecule has 3 heterocycles. The highest BCUT2D eigenvalue weighted by molar-refractivity contribution is 7.13. The molecule has 0 saturated heterocycles. The van der Waals surface area contributed by atoms with E-state index in [-0.39, 0.29) is 12.5 Å². The molecule has 6 nitrogen and oxygen atoms in total. The molecule has 1 aromatic carbocycles. The number of nitrogens with one attached hydrogen (secondary N) is 1. The molecule has 1 amide bonds. The van der Waals surface area contributed by atoms with Crippen molar-refractivity contribution in [1.82, 2.24) is 20.1 Å². The van der Waals surface area contributed by atoms with E-state index in [1.165, 1.54) is 0 Å². The summed E-state index contributed by atoms with van der Waals surface area (Å²) >= 11 is 7.47. The lowest BCUT2D eigenvalue weighted by Crippen LogP contribution is -2.23. The highest BCUT2D eigenvalue weighted by atomic mass is 35.5. The number of oxazole rings is 1. The lowest BCUT2D eigenvalue weighted by molar-refractivity contribution is 0.0950. The Hall–Kier alpha value is -2.90. The van der Waals surface area contributed by atoms with Gasteiger partial charge in [-0.2, -0.15) is 5.10 Å². The molecule has 0 bridgehead atoms. The van der Waals surface area contributed by atoms with Crippen LogP contribution in [0.1, 0.15) is 21.7 Å². The average Bonchev–Trinajstić information content (AvgIpc) is 3.41. The second kappa shape index (κ2) is 7.38. The number of nitrogens with zero attached hydrogens (tertiary/aromatic N) is 3. The van der Waals surface area contributed by atoms with E-state index >= 15 is 0 Å². The van der Waals surface area contributed by atoms with Gasteiger partial charge >= 0.3 is 0 Å². The third kappa shape index (κ3) is 3.65. The van der Waals surface area contributed by atoms with Crippen LogP contribution in [0.4, 0.5) is 0 Å². The number of thiophene rings is 1. The molecule has 0 fully saturated rings. The molecule has 0 unspecified atom stereocenters. The summed E-state index contributed by atoms with van der Waals surface area (Å²) in [6.07, 6.45) is 3.11. The molecule has 8 heteroatoms. The minimum absolute atomic E-state index is 0.214. The van der Waals surface area contributed by atoms with E-state index in [4.69, 9.17) is 16.0 Å². The van der Waals surface area contributed by atoms with E-state index in [0.717, 1.165) is 16.3 Å². The first kappa shape index (κ1) is 17.5. The fourth-order valence-corrected chi connectivity index (χ4v) is 3.42. The Balaban J connectivity index is 1.45. The van der Waals surface area contributed by atoms with Crippen molar-refractivity contribution in [2.24, 2.45) is 0 Å². The zero-order valence-electron chi connectivity index (χ0n) is 14.3. The monoisotopic (exact) mass is 398 g/mol. The Morgan fingerprint density at radius 3 is 2.85 bits per heavy atom. The zero-order chi connectivity index (χ0) is 18.8. The summed E-state index contributed by atoms with van der Waals surface area (Å²) in [5, 5.41) is 9.78. The number of rotatable bonds is 5. The van der Waals surface area contributed by atoms with Crippen molar-refractivity contribution < 1.29 is 9.21 Å². The van der Waals surface area contributed by atoms with Gasteiger partial charge in [0.25, 0.3) is 5.91 Å². The Morgan fingerprint density at radius 1 is 1.30 bits per heavy atom. The zero-order valence-corrected chi connectivity index (χ0v) is 15.9. The van der Waals surface area contributed by atoms with Crippen LogP contribution in [0.25, 0.3) is 16.5 Å². The molecule has 0 aliphatic rings. The number of halogens is 1. The van der Waals surface area contributed by atoms with Crippen molar-refractivity contribution in [3.05, 3.63) is 76.2 Å². The molecule has 1 N–H and O–H groups in total. The summed E-state index contributed by atoms with van der Waals surface area (Å²) < 4.78 is 7.17. The quantitative estimate of drug-likeness (QED) is 0.538. The maximum Gasteiger partial charge on any atom is 0.255 e. The predicted octanol–water partition coefficient (Wildman–Crippen LogP) is 4.48. The summed E-state index contributed by atoms with van der Waals surface area (Å²) in [5.41, 5.74) is 2.75. The van der Waals surface area contributed by atoms with Gasteiger partial charge in [0.2, 0.25) is 5.89 Å². The van der Waals surface area contributed by atoms with E-state index in [1.54, 1.807) is 40.6 Å². The number of aromatic nitrogens is 3. The predicted molar refractivity (Wildman–Crippen MR) is 104 cm³/mol. The van der Waals surface area contributed by atoms with E-state index < -0.39 is 0 Å². The molecular formula is C19H15ClN4O2S. The van der Waals surface area contributed by atoms with Gasteiger partial charge in [0.15, 0.2) is 0 Å². The van der Waals surface area contributed by atoms with Crippen LogP contribution in [-0.4, -0.2) is 20.7 Å². The standard InChI is InChI=1S/C19H15ClN4O2S/c1-12-16(10-22-24(12)15-6-4-13(20)5-7-15)18(25)21-9-14-11-26-19(23-14)17-3-2-8-27-17/h2-8,10-11H,9H2,1H3,(H,21,25). The van der Waals surface area contributed by atoms with Crippen molar-refractivity contribution >= 4 is 28.8 Å². The molecule has 4 rings (SSSR count). The van der Waals surface area contributed by atoms with Crippen LogP contribution >= 0.6 is 22.9 Å². The summed E-state index contributed by atoms with van der Waals surface area (Å²) in [4.78, 5) is 17.9. The number of amides is 1. The van der Waals surface area contributed by atoms with Crippen molar-refractivity contribution in [2.45, 2.75) is 13.5 Å². The van der Waals surface area contributed by atoms with E-state index in [2.05, 4.69) is 15.4 Å². The minimum Gasteiger partial charge on any atom is -0.443 e. The molecule has 0 aliphatic heterocycles. The molecule has 0 saturated carbocycles. The topological polar surface area (TPSA) is 73.0 Å². The lowest BCUT2D eigenvalue weighted by atomic mass is 10.2. The fourth-order valence-electron chi connectivity index (χ4n) is 2.64. The molecule has 27 heavy (non-hydrogen) atoms. The third-order valence-electron chi connectivity index (χ3n) is 4.04. The first-order valence-corrected chi connectivity index (χ1v) is 9.44. The highest BCUT2D eigenvalue weighted by Crippen LogP contribution is 2.23. The van der Waals surface area contributed by atoms with Crippen LogP contribution in [0.2, 0.25) is 5.02 Å². The minimum atomic E-state index is -0.214. The maximum absolute atomic E-state index is 12.5. The molecule has 0 radical (unpaired) electrons. The van der Waals surface area contributed by atoms with Crippen LogP contribution < -0.4 is 5.32 Å². The van der Waals surface area contributed by atoms with Gasteiger partial charge in [-0.15, -0.1) is 11.3 Å². The molecule has 4 aromatic rings. The van der Waals surface area contributed by atoms with Crippen LogP contribution in [0.5, 0.6) is 0 Å². The van der Waals surface area contributed by atoms with Crippen LogP contribution in [0, 0.1) is 6.92 Å². The number of hydrogen-bond donors (Lipinski definition) is 1. The number of carbonyl (C=O) groups is 1. The lowest BCUT2D eigenvalue weighted by Gasteiger charge is -2.06. The summed E-state index contributed by atoms with van der Waals surface area (Å²) in [7, 11) is 0. The molecule has 0 atom stereocenters. The summed E-state index contributed by atoms with van der Waals surface area (Å²) in [6, 6.07) is 11.2. The second-order valence-corrected chi connectivity index (χ2v) is 7.22. The first-order valence-electron chi connectivity index (χ1n) is 8.19. The smallest absolute Gasteiger partial charge is 0.255 e. The van der Waals surface area contributed by atoms with Crippen LogP contribution in [-0.2, 0) is 6.54 Å². The summed E-state index contributed by atoms with van der Waals surface area (Å²) in [6.45, 7) is 2.13. The van der Waals surface area contributed by atoms with Gasteiger partial charge in [-0.3, -0.25) is 4.79 Å². The number of carbonyl (C=O) groups excluding carboxylic acids is 1. The van der Waals surface area contributed by atoms with Crippen LogP contribution in [0.15, 0.2) is 58.7 Å². The Kier molecular flexibility index (Phi) is 4.79. The third-order valence-corrected chi connectivity index (χ3v) is 5.15. The van der Waals surface area contributed by atoms with Crippen molar-refractivity contribution in [1.29, 1.82) is 0 Å². The molecule has 0 aliphatic carbocycles. The van der Waals surface area contributed by atoms with Gasteiger partial charge in [0.1, 0.15) is 6.26 Å². The largest absolute Gasteiger partial charge is 0.443 e. The van der Waals surface area contributed by atoms with Crippen molar-refractivity contribution in [3.63, 3.8) is 0 Å². The van der Waals surface area contributed by atoms with E-state index in [1.807, 2.05) is 36.6 Å². The molecule has 136 valence electrons. The average molecular weight is 399 g/mol. The van der Waals surface area contributed by atoms with Crippen molar-refractivity contribution in [3.8, 4) is 16.5 Å². The van der Waals surface area contributed by atoms with Gasteiger partial charge < -0.3 is 9.73 Å². The van der Waals surface area contributed by atoms with E-state index in [0.29, 0.717) is 22.2 Å². The van der Waals surface area contributed by atoms with Gasteiger partial charge in [0, 0.05) is 5.02 Å². The fraction of sp³-hybridized carbons (Fsp3) is 0.105. The van der Waals surface area contributed by atoms with E-state index in [9.17, 15) is 4.79 Å². The highest BCUT2D eigenvalue weighted by Gasteiger charge is 2.16. The summed E-state index contributed by atoms with van der Waals surface area (Å²) in [5.74, 6) is 0.342. The SMILES string of the molecule is Cc1c(C(=O)NCc2coc(-c3cccs3)n2)cnn1-c1ccc(Cl)cc1. The second-order valence-electron chi connectivity index (χ2n) is 5.84. The van der Waals surface area contributed by atoms with Gasteiger partial charge in [-0.25, -0.2) is 9.67 Å². The molecule has 3 aromatic heterocycles. The Bertz CT molecular complexity index is 1070. The van der Waals surface area contributed by atoms with Crippen molar-refractivity contribution in [2.75, 3.05) is 0 Å². The number of benzene rings is 1. The Morgan fingerprint density at radius 2 is 2.11 bits per heavy atom. The molecule has 0 spiro atoms. The Labute approximate surface area is 164 Å². The van der Waals surface area contributed by atoms with Gasteiger partial charge in [0.05, 0.1) is 40.3 Å². The normalized spacial score (nSPS) is 10.9. The van der Waals surface area contributed by atoms with Gasteiger partial charge in [-0.05, 0) is 42.6 Å². The first-order chi connectivity index (χ1) is 13.1. The van der Waals surface area contributed by atoms with Crippen LogP contribution in [0.3, 0.4) is 0 Å². The number of hydrogen-bond acceptors (Lipinski definition) is 5. The maximum atomic E-state index is 12.5.